The monoisotopic (exact) mass is 444 g/mol. The average molecular weight is 444 g/mol. The zero-order valence-electron chi connectivity index (χ0n) is 13.7. The fourth-order valence-electron chi connectivity index (χ4n) is 2.73. The minimum absolute atomic E-state index is 0. The van der Waals surface area contributed by atoms with Crippen LogP contribution < -0.4 is 10.6 Å². The molecule has 1 aliphatic carbocycles. The van der Waals surface area contributed by atoms with Gasteiger partial charge in [0.05, 0.1) is 11.6 Å². The SMILES string of the molecule is CCSC1CCC(NC(=NC)NCc2ccc(C#N)cc2)C1.I. The number of nitriles is 1. The van der Waals surface area contributed by atoms with Crippen LogP contribution in [0.1, 0.15) is 37.3 Å². The first-order valence-electron chi connectivity index (χ1n) is 7.83. The molecule has 4 nitrogen and oxygen atoms in total. The molecule has 6 heteroatoms. The van der Waals surface area contributed by atoms with Crippen molar-refractivity contribution in [3.8, 4) is 6.07 Å². The van der Waals surface area contributed by atoms with Crippen molar-refractivity contribution in [3.63, 3.8) is 0 Å². The number of hydrogen-bond acceptors (Lipinski definition) is 3. The summed E-state index contributed by atoms with van der Waals surface area (Å²) in [5.74, 6) is 2.06. The summed E-state index contributed by atoms with van der Waals surface area (Å²) in [7, 11) is 1.81. The number of aliphatic imine (C=N–C) groups is 1. The highest BCUT2D eigenvalue weighted by Gasteiger charge is 2.24. The van der Waals surface area contributed by atoms with Crippen LogP contribution in [0, 0.1) is 11.3 Å². The minimum atomic E-state index is 0. The summed E-state index contributed by atoms with van der Waals surface area (Å²) >= 11 is 2.06. The molecule has 2 rings (SSSR count). The molecule has 0 saturated heterocycles. The Hall–Kier alpha value is -0.940. The number of rotatable bonds is 5. The van der Waals surface area contributed by atoms with E-state index in [1.54, 1.807) is 7.05 Å². The molecule has 0 heterocycles. The van der Waals surface area contributed by atoms with Crippen molar-refractivity contribution >= 4 is 41.7 Å². The molecule has 126 valence electrons. The van der Waals surface area contributed by atoms with Gasteiger partial charge in [-0.1, -0.05) is 19.1 Å². The number of halogens is 1. The Morgan fingerprint density at radius 2 is 2.09 bits per heavy atom. The Bertz CT molecular complexity index is 539. The van der Waals surface area contributed by atoms with E-state index < -0.39 is 0 Å². The molecule has 0 bridgehead atoms. The topological polar surface area (TPSA) is 60.2 Å². The Labute approximate surface area is 160 Å². The van der Waals surface area contributed by atoms with E-state index in [0.29, 0.717) is 18.2 Å². The summed E-state index contributed by atoms with van der Waals surface area (Å²) in [4.78, 5) is 4.31. The number of hydrogen-bond donors (Lipinski definition) is 2. The van der Waals surface area contributed by atoms with Gasteiger partial charge in [0.1, 0.15) is 0 Å². The Morgan fingerprint density at radius 1 is 1.35 bits per heavy atom. The third-order valence-corrected chi connectivity index (χ3v) is 5.13. The maximum Gasteiger partial charge on any atom is 0.191 e. The van der Waals surface area contributed by atoms with Crippen LogP contribution >= 0.6 is 35.7 Å². The molecule has 0 radical (unpaired) electrons. The zero-order valence-corrected chi connectivity index (χ0v) is 16.9. The summed E-state index contributed by atoms with van der Waals surface area (Å²) in [6, 6.07) is 10.3. The lowest BCUT2D eigenvalue weighted by molar-refractivity contribution is 0.614. The van der Waals surface area contributed by atoms with E-state index in [4.69, 9.17) is 5.26 Å². The van der Waals surface area contributed by atoms with Crippen molar-refractivity contribution in [1.82, 2.24) is 10.6 Å². The average Bonchev–Trinajstić information content (AvgIpc) is 2.99. The summed E-state index contributed by atoms with van der Waals surface area (Å²) in [5, 5.41) is 16.5. The Kier molecular flexibility index (Phi) is 9.41. The second-order valence-electron chi connectivity index (χ2n) is 5.47. The largest absolute Gasteiger partial charge is 0.354 e. The molecule has 1 aliphatic rings. The first-order valence-corrected chi connectivity index (χ1v) is 8.87. The minimum Gasteiger partial charge on any atom is -0.354 e. The first-order chi connectivity index (χ1) is 10.7. The van der Waals surface area contributed by atoms with E-state index >= 15 is 0 Å². The lowest BCUT2D eigenvalue weighted by atomic mass is 10.1. The molecular weight excluding hydrogens is 419 g/mol. The van der Waals surface area contributed by atoms with Crippen LogP contribution in [0.15, 0.2) is 29.3 Å². The van der Waals surface area contributed by atoms with Gasteiger partial charge in [-0.15, -0.1) is 24.0 Å². The van der Waals surface area contributed by atoms with E-state index in [0.717, 1.165) is 16.8 Å². The van der Waals surface area contributed by atoms with Crippen molar-refractivity contribution in [2.45, 2.75) is 44.0 Å². The van der Waals surface area contributed by atoms with Gasteiger partial charge in [-0.2, -0.15) is 17.0 Å². The summed E-state index contributed by atoms with van der Waals surface area (Å²) in [6.45, 7) is 2.94. The third kappa shape index (κ3) is 6.60. The number of benzene rings is 1. The highest BCUT2D eigenvalue weighted by Crippen LogP contribution is 2.29. The van der Waals surface area contributed by atoms with Crippen LogP contribution in [0.5, 0.6) is 0 Å². The van der Waals surface area contributed by atoms with Crippen molar-refractivity contribution in [2.24, 2.45) is 4.99 Å². The zero-order chi connectivity index (χ0) is 15.8. The normalized spacial score (nSPS) is 20.5. The van der Waals surface area contributed by atoms with E-state index in [-0.39, 0.29) is 24.0 Å². The Balaban J connectivity index is 0.00000264. The van der Waals surface area contributed by atoms with Gasteiger partial charge in [0.2, 0.25) is 0 Å². The second-order valence-corrected chi connectivity index (χ2v) is 7.04. The standard InChI is InChI=1S/C17H24N4S.HI/c1-3-22-16-9-8-15(10-16)21-17(19-2)20-12-14-6-4-13(11-18)5-7-14;/h4-7,15-16H,3,8-10,12H2,1-2H3,(H2,19,20,21);1H. The molecular formula is C17H25IN4S. The maximum absolute atomic E-state index is 8.81. The number of nitrogens with zero attached hydrogens (tertiary/aromatic N) is 2. The van der Waals surface area contributed by atoms with Crippen LogP contribution in [-0.2, 0) is 6.54 Å². The smallest absolute Gasteiger partial charge is 0.191 e. The summed E-state index contributed by atoms with van der Waals surface area (Å²) in [5.41, 5.74) is 1.84. The lowest BCUT2D eigenvalue weighted by Gasteiger charge is -2.17. The molecule has 1 saturated carbocycles. The Morgan fingerprint density at radius 3 is 2.70 bits per heavy atom. The second kappa shape index (κ2) is 10.8. The molecule has 0 amide bonds. The number of nitrogens with one attached hydrogen (secondary N) is 2. The van der Waals surface area contributed by atoms with Gasteiger partial charge in [-0.3, -0.25) is 4.99 Å². The number of guanidine groups is 1. The van der Waals surface area contributed by atoms with Crippen LogP contribution in [-0.4, -0.2) is 30.1 Å². The quantitative estimate of drug-likeness (QED) is 0.415. The highest BCUT2D eigenvalue weighted by atomic mass is 127. The molecule has 1 fully saturated rings. The highest BCUT2D eigenvalue weighted by molar-refractivity contribution is 14.0. The predicted octanol–water partition coefficient (Wildman–Crippen LogP) is 3.52. The molecule has 2 unspecified atom stereocenters. The molecule has 0 aromatic heterocycles. The predicted molar refractivity (Wildman–Crippen MR) is 109 cm³/mol. The molecule has 0 aliphatic heterocycles. The molecule has 1 aromatic rings. The van der Waals surface area contributed by atoms with Crippen molar-refractivity contribution in [3.05, 3.63) is 35.4 Å². The van der Waals surface area contributed by atoms with E-state index in [1.165, 1.54) is 25.0 Å². The van der Waals surface area contributed by atoms with Gasteiger partial charge in [0.25, 0.3) is 0 Å². The fourth-order valence-corrected chi connectivity index (χ4v) is 3.87. The van der Waals surface area contributed by atoms with Crippen LogP contribution in [0.3, 0.4) is 0 Å². The maximum atomic E-state index is 8.81. The molecule has 0 spiro atoms. The van der Waals surface area contributed by atoms with Gasteiger partial charge in [0.15, 0.2) is 5.96 Å². The van der Waals surface area contributed by atoms with Crippen molar-refractivity contribution < 1.29 is 0 Å². The van der Waals surface area contributed by atoms with Gasteiger partial charge in [-0.25, -0.2) is 0 Å². The summed E-state index contributed by atoms with van der Waals surface area (Å²) in [6.07, 6.45) is 3.73. The van der Waals surface area contributed by atoms with Gasteiger partial charge < -0.3 is 10.6 Å². The lowest BCUT2D eigenvalue weighted by Crippen LogP contribution is -2.42. The fraction of sp³-hybridized carbons (Fsp3) is 0.529. The van der Waals surface area contributed by atoms with Crippen LogP contribution in [0.2, 0.25) is 0 Å². The first kappa shape index (κ1) is 20.1. The van der Waals surface area contributed by atoms with Crippen molar-refractivity contribution in [2.75, 3.05) is 12.8 Å². The van der Waals surface area contributed by atoms with E-state index in [2.05, 4.69) is 40.4 Å². The van der Waals surface area contributed by atoms with Crippen molar-refractivity contribution in [1.29, 1.82) is 5.26 Å². The van der Waals surface area contributed by atoms with E-state index in [1.807, 2.05) is 24.3 Å². The molecule has 2 N–H and O–H groups in total. The van der Waals surface area contributed by atoms with E-state index in [9.17, 15) is 0 Å². The number of thioether (sulfide) groups is 1. The van der Waals surface area contributed by atoms with Gasteiger partial charge in [-0.05, 0) is 42.7 Å². The van der Waals surface area contributed by atoms with Crippen LogP contribution in [0.4, 0.5) is 0 Å². The third-order valence-electron chi connectivity index (χ3n) is 3.89. The van der Waals surface area contributed by atoms with Gasteiger partial charge in [0, 0.05) is 24.9 Å². The molecule has 23 heavy (non-hydrogen) atoms. The van der Waals surface area contributed by atoms with Crippen LogP contribution in [0.25, 0.3) is 0 Å². The molecule has 2 atom stereocenters. The molecule has 1 aromatic carbocycles. The summed E-state index contributed by atoms with van der Waals surface area (Å²) < 4.78 is 0. The van der Waals surface area contributed by atoms with Gasteiger partial charge >= 0.3 is 0 Å².